The number of para-hydroxylation sites is 1. The summed E-state index contributed by atoms with van der Waals surface area (Å²) in [5, 5.41) is 0. The lowest BCUT2D eigenvalue weighted by Crippen LogP contribution is -2.41. The van der Waals surface area contributed by atoms with Crippen molar-refractivity contribution in [3.8, 4) is 17.2 Å². The number of carbonyl (C=O) groups is 1. The Hall–Kier alpha value is -2.76. The molecule has 0 N–H and O–H groups in total. The third kappa shape index (κ3) is 3.99. The van der Waals surface area contributed by atoms with Gasteiger partial charge in [-0.05, 0) is 42.7 Å². The molecule has 1 aliphatic heterocycles. The lowest BCUT2D eigenvalue weighted by Gasteiger charge is -2.29. The molecule has 0 aromatic heterocycles. The Labute approximate surface area is 157 Å². The number of nitrogens with zero attached hydrogens (tertiary/aromatic N) is 1. The highest BCUT2D eigenvalue weighted by molar-refractivity contribution is 5.78. The predicted octanol–water partition coefficient (Wildman–Crippen LogP) is 3.90. The molecular formula is C21H22FNO4. The monoisotopic (exact) mass is 371 g/mol. The average molecular weight is 371 g/mol. The Morgan fingerprint density at radius 2 is 1.89 bits per heavy atom. The SMILES string of the molecule is O=C(COc1ccccc1F)N(Cc1ccc2c(c1)OCO2)C1CCCC1. The largest absolute Gasteiger partial charge is 0.481 e. The fourth-order valence-electron chi connectivity index (χ4n) is 3.66. The molecule has 27 heavy (non-hydrogen) atoms. The molecule has 2 aromatic carbocycles. The van der Waals surface area contributed by atoms with E-state index >= 15 is 0 Å². The molecular weight excluding hydrogens is 349 g/mol. The minimum absolute atomic E-state index is 0.0975. The number of hydrogen-bond acceptors (Lipinski definition) is 4. The lowest BCUT2D eigenvalue weighted by molar-refractivity contribution is -0.136. The van der Waals surface area contributed by atoms with Crippen molar-refractivity contribution in [1.82, 2.24) is 4.90 Å². The molecule has 0 spiro atoms. The topological polar surface area (TPSA) is 48.0 Å². The second kappa shape index (κ2) is 7.86. The van der Waals surface area contributed by atoms with Crippen LogP contribution in [0.2, 0.25) is 0 Å². The van der Waals surface area contributed by atoms with Gasteiger partial charge in [0.25, 0.3) is 5.91 Å². The van der Waals surface area contributed by atoms with Gasteiger partial charge in [-0.3, -0.25) is 4.79 Å². The second-order valence-electron chi connectivity index (χ2n) is 6.87. The van der Waals surface area contributed by atoms with Crippen molar-refractivity contribution < 1.29 is 23.4 Å². The van der Waals surface area contributed by atoms with Gasteiger partial charge in [0.05, 0.1) is 0 Å². The zero-order valence-electron chi connectivity index (χ0n) is 15.0. The number of halogens is 1. The number of benzene rings is 2. The number of hydrogen-bond donors (Lipinski definition) is 0. The maximum Gasteiger partial charge on any atom is 0.261 e. The molecule has 0 radical (unpaired) electrons. The van der Waals surface area contributed by atoms with Crippen LogP contribution in [0.5, 0.6) is 17.2 Å². The number of rotatable bonds is 6. The van der Waals surface area contributed by atoms with E-state index in [4.69, 9.17) is 14.2 Å². The van der Waals surface area contributed by atoms with Gasteiger partial charge in [0.2, 0.25) is 6.79 Å². The lowest BCUT2D eigenvalue weighted by atomic mass is 10.1. The fourth-order valence-corrected chi connectivity index (χ4v) is 3.66. The highest BCUT2D eigenvalue weighted by atomic mass is 19.1. The molecule has 0 atom stereocenters. The molecule has 2 aliphatic rings. The summed E-state index contributed by atoms with van der Waals surface area (Å²) in [5.41, 5.74) is 0.977. The molecule has 0 saturated heterocycles. The summed E-state index contributed by atoms with van der Waals surface area (Å²) in [4.78, 5) is 14.7. The molecule has 4 rings (SSSR count). The summed E-state index contributed by atoms with van der Waals surface area (Å²) >= 11 is 0. The van der Waals surface area contributed by atoms with Crippen molar-refractivity contribution in [3.05, 3.63) is 53.8 Å². The molecule has 0 unspecified atom stereocenters. The first-order chi connectivity index (χ1) is 13.2. The fraction of sp³-hybridized carbons (Fsp3) is 0.381. The van der Waals surface area contributed by atoms with Crippen LogP contribution in [0.3, 0.4) is 0 Å². The van der Waals surface area contributed by atoms with Gasteiger partial charge in [-0.1, -0.05) is 31.0 Å². The zero-order chi connectivity index (χ0) is 18.6. The molecule has 1 aliphatic carbocycles. The summed E-state index contributed by atoms with van der Waals surface area (Å²) in [6.45, 7) is 0.517. The van der Waals surface area contributed by atoms with Gasteiger partial charge < -0.3 is 19.1 Å². The van der Waals surface area contributed by atoms with Crippen LogP contribution >= 0.6 is 0 Å². The first-order valence-corrected chi connectivity index (χ1v) is 9.26. The van der Waals surface area contributed by atoms with Gasteiger partial charge in [0, 0.05) is 12.6 Å². The number of amides is 1. The highest BCUT2D eigenvalue weighted by Gasteiger charge is 2.27. The van der Waals surface area contributed by atoms with Crippen LogP contribution in [-0.2, 0) is 11.3 Å². The highest BCUT2D eigenvalue weighted by Crippen LogP contribution is 2.33. The van der Waals surface area contributed by atoms with E-state index in [1.54, 1.807) is 12.1 Å². The van der Waals surface area contributed by atoms with Gasteiger partial charge >= 0.3 is 0 Å². The maximum atomic E-state index is 13.7. The van der Waals surface area contributed by atoms with Gasteiger partial charge in [0.1, 0.15) is 0 Å². The molecule has 5 nitrogen and oxygen atoms in total. The van der Waals surface area contributed by atoms with Gasteiger partial charge in [-0.25, -0.2) is 4.39 Å². The van der Waals surface area contributed by atoms with Crippen LogP contribution in [0.1, 0.15) is 31.2 Å². The van der Waals surface area contributed by atoms with E-state index in [2.05, 4.69) is 0 Å². The summed E-state index contributed by atoms with van der Waals surface area (Å²) in [5.74, 6) is 0.922. The molecule has 1 fully saturated rings. The van der Waals surface area contributed by atoms with Gasteiger partial charge in [0.15, 0.2) is 29.7 Å². The number of carbonyl (C=O) groups excluding carboxylic acids is 1. The zero-order valence-corrected chi connectivity index (χ0v) is 15.0. The maximum absolute atomic E-state index is 13.7. The van der Waals surface area contributed by atoms with Crippen molar-refractivity contribution in [2.45, 2.75) is 38.3 Å². The minimum Gasteiger partial charge on any atom is -0.481 e. The van der Waals surface area contributed by atoms with E-state index in [0.29, 0.717) is 12.3 Å². The Bertz CT molecular complexity index is 820. The number of fused-ring (bicyclic) bond motifs is 1. The summed E-state index contributed by atoms with van der Waals surface area (Å²) in [7, 11) is 0. The first kappa shape index (κ1) is 17.6. The molecule has 6 heteroatoms. The van der Waals surface area contributed by atoms with E-state index in [1.807, 2.05) is 23.1 Å². The molecule has 1 heterocycles. The second-order valence-corrected chi connectivity index (χ2v) is 6.87. The van der Waals surface area contributed by atoms with Crippen molar-refractivity contribution in [3.63, 3.8) is 0 Å². The van der Waals surface area contributed by atoms with E-state index in [-0.39, 0.29) is 31.1 Å². The minimum atomic E-state index is -0.464. The standard InChI is InChI=1S/C21H22FNO4/c22-17-7-3-4-8-18(17)25-13-21(24)23(16-5-1-2-6-16)12-15-9-10-19-20(11-15)27-14-26-19/h3-4,7-11,16H,1-2,5-6,12-14H2. The molecule has 0 bridgehead atoms. The average Bonchev–Trinajstić information content (AvgIpc) is 3.36. The van der Waals surface area contributed by atoms with E-state index in [1.165, 1.54) is 12.1 Å². The first-order valence-electron chi connectivity index (χ1n) is 9.26. The molecule has 142 valence electrons. The van der Waals surface area contributed by atoms with Crippen LogP contribution in [0, 0.1) is 5.82 Å². The molecule has 1 amide bonds. The van der Waals surface area contributed by atoms with E-state index in [9.17, 15) is 9.18 Å². The van der Waals surface area contributed by atoms with Crippen LogP contribution < -0.4 is 14.2 Å². The number of ether oxygens (including phenoxy) is 3. The van der Waals surface area contributed by atoms with E-state index in [0.717, 1.165) is 37.0 Å². The van der Waals surface area contributed by atoms with Crippen LogP contribution in [0.15, 0.2) is 42.5 Å². The van der Waals surface area contributed by atoms with E-state index < -0.39 is 5.82 Å². The van der Waals surface area contributed by atoms with Crippen molar-refractivity contribution in [1.29, 1.82) is 0 Å². The van der Waals surface area contributed by atoms with Crippen LogP contribution in [-0.4, -0.2) is 30.2 Å². The third-order valence-electron chi connectivity index (χ3n) is 5.06. The Kier molecular flexibility index (Phi) is 5.14. The van der Waals surface area contributed by atoms with Crippen molar-refractivity contribution >= 4 is 5.91 Å². The van der Waals surface area contributed by atoms with Crippen LogP contribution in [0.25, 0.3) is 0 Å². The summed E-state index contributed by atoms with van der Waals surface area (Å²) in [6.07, 6.45) is 4.19. The summed E-state index contributed by atoms with van der Waals surface area (Å²) in [6, 6.07) is 12.0. The molecule has 1 saturated carbocycles. The quantitative estimate of drug-likeness (QED) is 0.773. The molecule has 2 aromatic rings. The van der Waals surface area contributed by atoms with Crippen molar-refractivity contribution in [2.24, 2.45) is 0 Å². The predicted molar refractivity (Wildman–Crippen MR) is 97.3 cm³/mol. The Morgan fingerprint density at radius 3 is 2.70 bits per heavy atom. The summed E-state index contributed by atoms with van der Waals surface area (Å²) < 4.78 is 30.0. The normalized spacial score (nSPS) is 15.7. The van der Waals surface area contributed by atoms with Gasteiger partial charge in [-0.2, -0.15) is 0 Å². The van der Waals surface area contributed by atoms with Crippen molar-refractivity contribution in [2.75, 3.05) is 13.4 Å². The smallest absolute Gasteiger partial charge is 0.261 e. The Balaban J connectivity index is 1.47. The van der Waals surface area contributed by atoms with Crippen LogP contribution in [0.4, 0.5) is 4.39 Å². The Morgan fingerprint density at radius 1 is 1.11 bits per heavy atom. The third-order valence-corrected chi connectivity index (χ3v) is 5.06. The van der Waals surface area contributed by atoms with Gasteiger partial charge in [-0.15, -0.1) is 0 Å².